The maximum Gasteiger partial charge on any atom is 0.138 e. The Labute approximate surface area is 313 Å². The fraction of sp³-hybridized carbons (Fsp3) is 0.0400. The average molecular weight is 691 g/mol. The molecule has 3 aromatic heterocycles. The summed E-state index contributed by atoms with van der Waals surface area (Å²) in [5, 5.41) is 15.1. The molecule has 0 N–H and O–H groups in total. The zero-order valence-electron chi connectivity index (χ0n) is 30.0. The van der Waals surface area contributed by atoms with Gasteiger partial charge in [0.25, 0.3) is 0 Å². The van der Waals surface area contributed by atoms with Crippen molar-refractivity contribution in [2.45, 2.75) is 13.8 Å². The number of aryl methyl sites for hydroxylation is 2. The van der Waals surface area contributed by atoms with E-state index in [4.69, 9.17) is 4.98 Å². The van der Waals surface area contributed by atoms with Crippen molar-refractivity contribution in [2.75, 3.05) is 0 Å². The van der Waals surface area contributed by atoms with Gasteiger partial charge in [-0.1, -0.05) is 127 Å². The Morgan fingerprint density at radius 2 is 0.926 bits per heavy atom. The molecule has 3 heterocycles. The highest BCUT2D eigenvalue weighted by Crippen LogP contribution is 2.41. The van der Waals surface area contributed by atoms with Gasteiger partial charge in [0.05, 0.1) is 45.6 Å². The van der Waals surface area contributed by atoms with E-state index in [1.54, 1.807) is 0 Å². The summed E-state index contributed by atoms with van der Waals surface area (Å²) in [5.74, 6) is 0.788. The van der Waals surface area contributed by atoms with Crippen LogP contribution in [0.3, 0.4) is 0 Å². The Morgan fingerprint density at radius 3 is 1.52 bits per heavy atom. The van der Waals surface area contributed by atoms with Crippen LogP contribution in [0, 0.1) is 25.2 Å². The Balaban J connectivity index is 1.29. The first kappa shape index (κ1) is 31.5. The zero-order valence-corrected chi connectivity index (χ0v) is 30.0. The lowest BCUT2D eigenvalue weighted by atomic mass is 9.98. The van der Waals surface area contributed by atoms with E-state index in [2.05, 4.69) is 175 Å². The molecule has 0 aliphatic rings. The van der Waals surface area contributed by atoms with E-state index in [9.17, 15) is 5.26 Å². The van der Waals surface area contributed by atoms with Crippen molar-refractivity contribution in [1.82, 2.24) is 14.1 Å². The third-order valence-corrected chi connectivity index (χ3v) is 10.9. The predicted molar refractivity (Wildman–Crippen MR) is 223 cm³/mol. The summed E-state index contributed by atoms with van der Waals surface area (Å²) < 4.78 is 4.60. The second kappa shape index (κ2) is 12.5. The van der Waals surface area contributed by atoms with Gasteiger partial charge in [-0.2, -0.15) is 5.26 Å². The van der Waals surface area contributed by atoms with Crippen molar-refractivity contribution in [3.63, 3.8) is 0 Å². The summed E-state index contributed by atoms with van der Waals surface area (Å²) in [7, 11) is 0. The largest absolute Gasteiger partial charge is 0.307 e. The van der Waals surface area contributed by atoms with Crippen LogP contribution in [0.2, 0.25) is 0 Å². The number of pyridine rings is 1. The first-order chi connectivity index (χ1) is 26.6. The molecule has 54 heavy (non-hydrogen) atoms. The number of nitrogens with zero attached hydrogens (tertiary/aromatic N) is 4. The minimum absolute atomic E-state index is 0.612. The fourth-order valence-electron chi connectivity index (χ4n) is 8.34. The highest BCUT2D eigenvalue weighted by Gasteiger charge is 2.21. The number of hydrogen-bond donors (Lipinski definition) is 0. The highest BCUT2D eigenvalue weighted by atomic mass is 15.1. The molecule has 0 fully saturated rings. The maximum atomic E-state index is 10.5. The molecule has 7 aromatic carbocycles. The lowest BCUT2D eigenvalue weighted by molar-refractivity contribution is 1.06. The van der Waals surface area contributed by atoms with Crippen LogP contribution >= 0.6 is 0 Å². The quantitative estimate of drug-likeness (QED) is 0.180. The molecule has 254 valence electrons. The predicted octanol–water partition coefficient (Wildman–Crippen LogP) is 12.8. The number of benzene rings is 7. The van der Waals surface area contributed by atoms with Gasteiger partial charge < -0.3 is 4.57 Å². The van der Waals surface area contributed by atoms with Crippen molar-refractivity contribution in [3.05, 3.63) is 187 Å². The van der Waals surface area contributed by atoms with Gasteiger partial charge in [-0.15, -0.1) is 0 Å². The van der Waals surface area contributed by atoms with Gasteiger partial charge >= 0.3 is 0 Å². The maximum absolute atomic E-state index is 10.5. The SMILES string of the molecule is Cc1ccccc1-c1ccc2c3ccccc3n(-c3cc(-c4ccccc4C#N)c(-n4c5ccccc5c5ccc(-c6ccccc6C)cc54)cn3)c2c1. The van der Waals surface area contributed by atoms with Gasteiger partial charge in [0, 0.05) is 32.7 Å². The van der Waals surface area contributed by atoms with Gasteiger partial charge in [0.15, 0.2) is 0 Å². The average Bonchev–Trinajstić information content (AvgIpc) is 3.73. The summed E-state index contributed by atoms with van der Waals surface area (Å²) >= 11 is 0. The van der Waals surface area contributed by atoms with Crippen LogP contribution in [0.4, 0.5) is 0 Å². The standard InChI is InChI=1S/C50H34N4/c1-32-13-3-6-16-37(32)34-23-25-42-40-19-9-11-21-45(40)53(47(42)27-34)49-31-52-50(29-44(49)39-18-8-5-15-36(39)30-51)54-46-22-12-10-20-41(46)43-26-24-35(28-48(43)54)38-17-7-4-14-33(38)2/h3-29,31H,1-2H3. The molecule has 0 radical (unpaired) electrons. The lowest BCUT2D eigenvalue weighted by Gasteiger charge is -2.17. The smallest absolute Gasteiger partial charge is 0.138 e. The van der Waals surface area contributed by atoms with Gasteiger partial charge in [-0.3, -0.25) is 4.57 Å². The summed E-state index contributed by atoms with van der Waals surface area (Å²) in [4.78, 5) is 5.31. The van der Waals surface area contributed by atoms with E-state index in [0.717, 1.165) is 61.2 Å². The first-order valence-corrected chi connectivity index (χ1v) is 18.3. The molecule has 4 nitrogen and oxygen atoms in total. The minimum atomic E-state index is 0.612. The topological polar surface area (TPSA) is 46.5 Å². The van der Waals surface area contributed by atoms with Crippen LogP contribution < -0.4 is 0 Å². The van der Waals surface area contributed by atoms with E-state index < -0.39 is 0 Å². The summed E-state index contributed by atoms with van der Waals surface area (Å²) in [5.41, 5.74) is 14.8. The third kappa shape index (κ3) is 4.87. The Kier molecular flexibility index (Phi) is 7.28. The number of hydrogen-bond acceptors (Lipinski definition) is 2. The molecule has 0 unspecified atom stereocenters. The normalized spacial score (nSPS) is 11.5. The molecule has 10 aromatic rings. The molecule has 0 spiro atoms. The van der Waals surface area contributed by atoms with Crippen molar-refractivity contribution in [1.29, 1.82) is 5.26 Å². The molecular weight excluding hydrogens is 657 g/mol. The van der Waals surface area contributed by atoms with E-state index in [1.165, 1.54) is 38.4 Å². The van der Waals surface area contributed by atoms with Crippen LogP contribution in [0.15, 0.2) is 170 Å². The van der Waals surface area contributed by atoms with E-state index in [1.807, 2.05) is 24.4 Å². The molecule has 0 atom stereocenters. The molecular formula is C50H34N4. The molecule has 10 rings (SSSR count). The van der Waals surface area contributed by atoms with E-state index >= 15 is 0 Å². The molecule has 0 saturated heterocycles. The Morgan fingerprint density at radius 1 is 0.444 bits per heavy atom. The molecule has 4 heteroatoms. The van der Waals surface area contributed by atoms with E-state index in [-0.39, 0.29) is 0 Å². The number of fused-ring (bicyclic) bond motifs is 6. The Bertz CT molecular complexity index is 3150. The third-order valence-electron chi connectivity index (χ3n) is 10.9. The zero-order chi connectivity index (χ0) is 36.3. The molecule has 0 bridgehead atoms. The van der Waals surface area contributed by atoms with Crippen molar-refractivity contribution in [3.8, 4) is 51.0 Å². The minimum Gasteiger partial charge on any atom is -0.307 e. The van der Waals surface area contributed by atoms with Crippen LogP contribution in [-0.2, 0) is 0 Å². The van der Waals surface area contributed by atoms with Crippen LogP contribution in [0.25, 0.3) is 88.5 Å². The number of rotatable bonds is 5. The van der Waals surface area contributed by atoms with Crippen molar-refractivity contribution >= 4 is 43.6 Å². The number of aromatic nitrogens is 3. The number of para-hydroxylation sites is 2. The van der Waals surface area contributed by atoms with Crippen LogP contribution in [-0.4, -0.2) is 14.1 Å². The van der Waals surface area contributed by atoms with Crippen molar-refractivity contribution < 1.29 is 0 Å². The fourth-order valence-corrected chi connectivity index (χ4v) is 8.34. The van der Waals surface area contributed by atoms with Gasteiger partial charge in [0.2, 0.25) is 0 Å². The van der Waals surface area contributed by atoms with Gasteiger partial charge in [-0.25, -0.2) is 4.98 Å². The van der Waals surface area contributed by atoms with Gasteiger partial charge in [0.1, 0.15) is 5.82 Å². The van der Waals surface area contributed by atoms with Crippen LogP contribution in [0.1, 0.15) is 16.7 Å². The molecule has 0 amide bonds. The second-order valence-corrected chi connectivity index (χ2v) is 14.0. The van der Waals surface area contributed by atoms with Crippen molar-refractivity contribution in [2.24, 2.45) is 0 Å². The summed E-state index contributed by atoms with van der Waals surface area (Å²) in [6, 6.07) is 60.2. The summed E-state index contributed by atoms with van der Waals surface area (Å²) in [6.07, 6.45) is 2.00. The Hall–Kier alpha value is -7.22. The second-order valence-electron chi connectivity index (χ2n) is 14.0. The molecule has 0 saturated carbocycles. The number of nitriles is 1. The first-order valence-electron chi connectivity index (χ1n) is 18.3. The van der Waals surface area contributed by atoms with E-state index in [0.29, 0.717) is 5.56 Å². The van der Waals surface area contributed by atoms with Crippen LogP contribution in [0.5, 0.6) is 0 Å². The molecule has 0 aliphatic carbocycles. The summed E-state index contributed by atoms with van der Waals surface area (Å²) in [6.45, 7) is 4.32. The molecule has 0 aliphatic heterocycles. The highest BCUT2D eigenvalue weighted by molar-refractivity contribution is 6.12. The van der Waals surface area contributed by atoms with Gasteiger partial charge in [-0.05, 0) is 83.6 Å². The monoisotopic (exact) mass is 690 g/mol. The lowest BCUT2D eigenvalue weighted by Crippen LogP contribution is -2.04.